The van der Waals surface area contributed by atoms with Crippen molar-refractivity contribution in [2.24, 2.45) is 0 Å². The fraction of sp³-hybridized carbons (Fsp3) is 0.286. The first-order chi connectivity index (χ1) is 11.3. The second kappa shape index (κ2) is 6.25. The van der Waals surface area contributed by atoms with E-state index in [1.165, 1.54) is 18.5 Å². The van der Waals surface area contributed by atoms with E-state index in [9.17, 15) is 0 Å². The first kappa shape index (κ1) is 14.6. The molecule has 0 aromatic carbocycles. The molecule has 1 aliphatic carbocycles. The highest BCUT2D eigenvalue weighted by Gasteiger charge is 2.25. The van der Waals surface area contributed by atoms with E-state index in [0.29, 0.717) is 24.2 Å². The summed E-state index contributed by atoms with van der Waals surface area (Å²) in [6.45, 7) is 0.604. The van der Waals surface area contributed by atoms with E-state index >= 15 is 0 Å². The fourth-order valence-corrected chi connectivity index (χ4v) is 3.01. The van der Waals surface area contributed by atoms with Crippen LogP contribution >= 0.6 is 27.3 Å². The maximum Gasteiger partial charge on any atom is 0.225 e. The van der Waals surface area contributed by atoms with E-state index in [0.717, 1.165) is 15.3 Å². The van der Waals surface area contributed by atoms with Crippen molar-refractivity contribution < 1.29 is 0 Å². The van der Waals surface area contributed by atoms with Gasteiger partial charge in [0.2, 0.25) is 5.95 Å². The first-order valence-electron chi connectivity index (χ1n) is 7.25. The highest BCUT2D eigenvalue weighted by atomic mass is 79.9. The van der Waals surface area contributed by atoms with Gasteiger partial charge in [-0.3, -0.25) is 5.10 Å². The molecule has 0 saturated heterocycles. The topological polar surface area (TPSA) is 91.4 Å². The minimum atomic E-state index is 0.545. The smallest absolute Gasteiger partial charge is 0.225 e. The SMILES string of the molecule is Brc1cnc(NCc2nccs2)nc1Nc1cc(C2CC2)[nH]n1. The number of thiazole rings is 1. The predicted octanol–water partition coefficient (Wildman–Crippen LogP) is 3.65. The van der Waals surface area contributed by atoms with Gasteiger partial charge in [-0.25, -0.2) is 9.97 Å². The Labute approximate surface area is 145 Å². The highest BCUT2D eigenvalue weighted by molar-refractivity contribution is 9.10. The lowest BCUT2D eigenvalue weighted by atomic mass is 10.3. The molecule has 0 atom stereocenters. The number of rotatable bonds is 6. The summed E-state index contributed by atoms with van der Waals surface area (Å²) >= 11 is 5.06. The number of nitrogens with zero attached hydrogens (tertiary/aromatic N) is 4. The third kappa shape index (κ3) is 3.50. The second-order valence-electron chi connectivity index (χ2n) is 5.28. The van der Waals surface area contributed by atoms with E-state index in [4.69, 9.17) is 0 Å². The van der Waals surface area contributed by atoms with E-state index in [-0.39, 0.29) is 0 Å². The lowest BCUT2D eigenvalue weighted by molar-refractivity contribution is 0.965. The van der Waals surface area contributed by atoms with Crippen LogP contribution in [0.4, 0.5) is 17.6 Å². The standard InChI is InChI=1S/C14H14BrN7S/c15-9-6-17-14(18-7-12-16-3-4-23-12)20-13(9)19-11-5-10(21-22-11)8-1-2-8/h3-6,8H,1-2,7H2,(H3,17,18,19,20,21,22). The third-order valence-corrected chi connectivity index (χ3v) is 4.85. The minimum Gasteiger partial charge on any atom is -0.348 e. The van der Waals surface area contributed by atoms with Crippen LogP contribution in [0.5, 0.6) is 0 Å². The lowest BCUT2D eigenvalue weighted by Gasteiger charge is -2.07. The van der Waals surface area contributed by atoms with Crippen molar-refractivity contribution in [2.45, 2.75) is 25.3 Å². The number of aromatic amines is 1. The van der Waals surface area contributed by atoms with E-state index in [2.05, 4.69) is 51.7 Å². The van der Waals surface area contributed by atoms with Crippen molar-refractivity contribution in [3.63, 3.8) is 0 Å². The molecule has 7 nitrogen and oxygen atoms in total. The summed E-state index contributed by atoms with van der Waals surface area (Å²) in [5.41, 5.74) is 1.18. The average molecular weight is 392 g/mol. The number of aromatic nitrogens is 5. The number of hydrogen-bond donors (Lipinski definition) is 3. The summed E-state index contributed by atoms with van der Waals surface area (Å²) < 4.78 is 0.785. The van der Waals surface area contributed by atoms with Gasteiger partial charge in [-0.1, -0.05) is 0 Å². The molecule has 0 aliphatic heterocycles. The molecule has 0 spiro atoms. The molecule has 3 aromatic rings. The van der Waals surface area contributed by atoms with Crippen molar-refractivity contribution in [1.82, 2.24) is 25.1 Å². The Bertz CT molecular complexity index is 797. The van der Waals surface area contributed by atoms with Crippen molar-refractivity contribution in [2.75, 3.05) is 10.6 Å². The Morgan fingerprint density at radius 3 is 3.04 bits per heavy atom. The van der Waals surface area contributed by atoms with Gasteiger partial charge >= 0.3 is 0 Å². The highest BCUT2D eigenvalue weighted by Crippen LogP contribution is 2.39. The van der Waals surface area contributed by atoms with Crippen LogP contribution in [-0.4, -0.2) is 25.1 Å². The van der Waals surface area contributed by atoms with Crippen LogP contribution < -0.4 is 10.6 Å². The van der Waals surface area contributed by atoms with Gasteiger partial charge in [0.25, 0.3) is 0 Å². The van der Waals surface area contributed by atoms with Crippen molar-refractivity contribution in [1.29, 1.82) is 0 Å². The van der Waals surface area contributed by atoms with Gasteiger partial charge in [0.15, 0.2) is 11.6 Å². The molecule has 1 saturated carbocycles. The monoisotopic (exact) mass is 391 g/mol. The molecule has 0 amide bonds. The maximum absolute atomic E-state index is 4.48. The summed E-state index contributed by atoms with van der Waals surface area (Å²) in [5, 5.41) is 16.7. The number of nitrogens with one attached hydrogen (secondary N) is 3. The molecular weight excluding hydrogens is 378 g/mol. The Morgan fingerprint density at radius 2 is 2.26 bits per heavy atom. The molecule has 23 heavy (non-hydrogen) atoms. The molecule has 3 aromatic heterocycles. The van der Waals surface area contributed by atoms with Crippen LogP contribution in [0.25, 0.3) is 0 Å². The molecule has 0 bridgehead atoms. The summed E-state index contributed by atoms with van der Waals surface area (Å²) in [6, 6.07) is 2.04. The van der Waals surface area contributed by atoms with Gasteiger partial charge in [0.05, 0.1) is 11.0 Å². The normalized spacial score (nSPS) is 14.0. The zero-order valence-electron chi connectivity index (χ0n) is 12.1. The first-order valence-corrected chi connectivity index (χ1v) is 8.92. The predicted molar refractivity (Wildman–Crippen MR) is 93.0 cm³/mol. The van der Waals surface area contributed by atoms with Crippen LogP contribution in [0.2, 0.25) is 0 Å². The molecule has 3 heterocycles. The summed E-state index contributed by atoms with van der Waals surface area (Å²) in [4.78, 5) is 13.0. The van der Waals surface area contributed by atoms with Gasteiger partial charge in [0, 0.05) is 35.5 Å². The Hall–Kier alpha value is -2.00. The van der Waals surface area contributed by atoms with Gasteiger partial charge in [-0.2, -0.15) is 10.1 Å². The van der Waals surface area contributed by atoms with Gasteiger partial charge in [-0.05, 0) is 28.8 Å². The molecule has 9 heteroatoms. The average Bonchev–Trinajstić information content (AvgIpc) is 3.08. The van der Waals surface area contributed by atoms with E-state index in [1.54, 1.807) is 23.7 Å². The fourth-order valence-electron chi connectivity index (χ4n) is 2.16. The number of halogens is 1. The molecular formula is C14H14BrN7S. The van der Waals surface area contributed by atoms with Crippen LogP contribution in [0.1, 0.15) is 29.5 Å². The Morgan fingerprint density at radius 1 is 1.35 bits per heavy atom. The van der Waals surface area contributed by atoms with E-state index < -0.39 is 0 Å². The quantitative estimate of drug-likeness (QED) is 0.593. The molecule has 118 valence electrons. The number of H-pyrrole nitrogens is 1. The molecule has 4 rings (SSSR count). The zero-order chi connectivity index (χ0) is 15.6. The molecule has 0 unspecified atom stereocenters. The van der Waals surface area contributed by atoms with Crippen LogP contribution in [-0.2, 0) is 6.54 Å². The Kier molecular flexibility index (Phi) is 3.96. The van der Waals surface area contributed by atoms with Crippen LogP contribution in [0, 0.1) is 0 Å². The third-order valence-electron chi connectivity index (χ3n) is 3.49. The Balaban J connectivity index is 1.46. The minimum absolute atomic E-state index is 0.545. The van der Waals surface area contributed by atoms with Gasteiger partial charge in [-0.15, -0.1) is 11.3 Å². The van der Waals surface area contributed by atoms with Crippen molar-refractivity contribution in [3.8, 4) is 0 Å². The summed E-state index contributed by atoms with van der Waals surface area (Å²) in [7, 11) is 0. The molecule has 1 aliphatic rings. The molecule has 3 N–H and O–H groups in total. The molecule has 0 radical (unpaired) electrons. The number of hydrogen-bond acceptors (Lipinski definition) is 7. The summed E-state index contributed by atoms with van der Waals surface area (Å²) in [5.74, 6) is 2.62. The van der Waals surface area contributed by atoms with Crippen LogP contribution in [0.3, 0.4) is 0 Å². The number of anilines is 3. The van der Waals surface area contributed by atoms with Crippen molar-refractivity contribution >= 4 is 44.9 Å². The largest absolute Gasteiger partial charge is 0.348 e. The van der Waals surface area contributed by atoms with Gasteiger partial charge in [0.1, 0.15) is 5.01 Å². The van der Waals surface area contributed by atoms with Crippen molar-refractivity contribution in [3.05, 3.63) is 39.0 Å². The zero-order valence-corrected chi connectivity index (χ0v) is 14.5. The lowest BCUT2D eigenvalue weighted by Crippen LogP contribution is -2.05. The van der Waals surface area contributed by atoms with Crippen LogP contribution in [0.15, 0.2) is 28.3 Å². The second-order valence-corrected chi connectivity index (χ2v) is 7.11. The maximum atomic E-state index is 4.48. The molecule has 1 fully saturated rings. The van der Waals surface area contributed by atoms with E-state index in [1.807, 2.05) is 11.4 Å². The van der Waals surface area contributed by atoms with Gasteiger partial charge < -0.3 is 10.6 Å². The summed E-state index contributed by atoms with van der Waals surface area (Å²) in [6.07, 6.45) is 5.98.